The van der Waals surface area contributed by atoms with E-state index < -0.39 is 0 Å². The molecule has 3 rings (SSSR count). The molecule has 6 heteroatoms. The minimum Gasteiger partial charge on any atom is -0.392 e. The van der Waals surface area contributed by atoms with E-state index in [0.717, 1.165) is 25.7 Å². The third-order valence-corrected chi connectivity index (χ3v) is 5.72. The van der Waals surface area contributed by atoms with Crippen LogP contribution < -0.4 is 0 Å². The SMILES string of the molecule is CCCc1onc(C)c1C(=O)N1CCC2(CC1)C(O)CC2OCC. The van der Waals surface area contributed by atoms with Crippen molar-refractivity contribution in [3.05, 3.63) is 17.0 Å². The molecule has 1 aromatic rings. The van der Waals surface area contributed by atoms with Crippen LogP contribution in [0.25, 0.3) is 0 Å². The highest BCUT2D eigenvalue weighted by atomic mass is 16.5. The van der Waals surface area contributed by atoms with E-state index in [1.807, 2.05) is 18.7 Å². The summed E-state index contributed by atoms with van der Waals surface area (Å²) in [6.45, 7) is 7.83. The van der Waals surface area contributed by atoms with Gasteiger partial charge in [0.1, 0.15) is 11.3 Å². The maximum absolute atomic E-state index is 12.9. The third-order valence-electron chi connectivity index (χ3n) is 5.72. The van der Waals surface area contributed by atoms with Crippen molar-refractivity contribution >= 4 is 5.91 Å². The second-order valence-corrected chi connectivity index (χ2v) is 7.04. The lowest BCUT2D eigenvalue weighted by Crippen LogP contribution is -2.62. The van der Waals surface area contributed by atoms with Crippen molar-refractivity contribution in [2.45, 2.75) is 65.1 Å². The number of aliphatic hydroxyl groups is 1. The van der Waals surface area contributed by atoms with E-state index >= 15 is 0 Å². The number of likely N-dealkylation sites (tertiary alicyclic amines) is 1. The quantitative estimate of drug-likeness (QED) is 0.893. The van der Waals surface area contributed by atoms with Crippen LogP contribution in [-0.4, -0.2) is 53.0 Å². The van der Waals surface area contributed by atoms with Gasteiger partial charge in [0.15, 0.2) is 0 Å². The first-order valence-corrected chi connectivity index (χ1v) is 9.07. The van der Waals surface area contributed by atoms with E-state index in [-0.39, 0.29) is 23.5 Å². The molecule has 1 aromatic heterocycles. The fourth-order valence-electron chi connectivity index (χ4n) is 4.19. The molecule has 1 saturated heterocycles. The molecule has 1 amide bonds. The average molecular weight is 336 g/mol. The lowest BCUT2D eigenvalue weighted by molar-refractivity contribution is -0.207. The summed E-state index contributed by atoms with van der Waals surface area (Å²) in [4.78, 5) is 14.8. The predicted molar refractivity (Wildman–Crippen MR) is 88.8 cm³/mol. The Labute approximate surface area is 143 Å². The zero-order valence-corrected chi connectivity index (χ0v) is 14.9. The molecule has 2 fully saturated rings. The topological polar surface area (TPSA) is 75.8 Å². The highest BCUT2D eigenvalue weighted by Crippen LogP contribution is 2.51. The summed E-state index contributed by atoms with van der Waals surface area (Å²) < 4.78 is 11.1. The van der Waals surface area contributed by atoms with E-state index in [0.29, 0.717) is 43.1 Å². The predicted octanol–water partition coefficient (Wildman–Crippen LogP) is 2.33. The molecule has 0 radical (unpaired) electrons. The van der Waals surface area contributed by atoms with Crippen LogP contribution in [0, 0.1) is 12.3 Å². The molecule has 1 spiro atoms. The van der Waals surface area contributed by atoms with Gasteiger partial charge < -0.3 is 19.3 Å². The van der Waals surface area contributed by atoms with Gasteiger partial charge in [0.25, 0.3) is 5.91 Å². The number of aryl methyl sites for hydroxylation is 2. The van der Waals surface area contributed by atoms with Crippen molar-refractivity contribution in [3.63, 3.8) is 0 Å². The molecule has 1 aliphatic carbocycles. The van der Waals surface area contributed by atoms with Crippen LogP contribution in [0.3, 0.4) is 0 Å². The van der Waals surface area contributed by atoms with Gasteiger partial charge in [0, 0.05) is 38.0 Å². The lowest BCUT2D eigenvalue weighted by atomic mass is 9.58. The minimum absolute atomic E-state index is 0.00817. The highest BCUT2D eigenvalue weighted by molar-refractivity contribution is 5.96. The first-order chi connectivity index (χ1) is 11.5. The number of amides is 1. The molecule has 2 heterocycles. The molecule has 24 heavy (non-hydrogen) atoms. The molecule has 2 aliphatic rings. The molecular formula is C18H28N2O4. The normalized spacial score (nSPS) is 25.8. The van der Waals surface area contributed by atoms with Crippen molar-refractivity contribution in [1.82, 2.24) is 10.1 Å². The Bertz CT molecular complexity index is 588. The van der Waals surface area contributed by atoms with Crippen LogP contribution in [0.2, 0.25) is 0 Å². The smallest absolute Gasteiger partial charge is 0.259 e. The molecule has 6 nitrogen and oxygen atoms in total. The number of aliphatic hydroxyl groups excluding tert-OH is 1. The molecule has 1 aliphatic heterocycles. The zero-order valence-electron chi connectivity index (χ0n) is 14.9. The largest absolute Gasteiger partial charge is 0.392 e. The summed E-state index contributed by atoms with van der Waals surface area (Å²) >= 11 is 0. The second-order valence-electron chi connectivity index (χ2n) is 7.04. The number of carbonyl (C=O) groups is 1. The summed E-state index contributed by atoms with van der Waals surface area (Å²) in [5.74, 6) is 0.699. The zero-order chi connectivity index (χ0) is 17.3. The van der Waals surface area contributed by atoms with Crippen LogP contribution in [0.15, 0.2) is 4.52 Å². The van der Waals surface area contributed by atoms with Crippen LogP contribution >= 0.6 is 0 Å². The first kappa shape index (κ1) is 17.4. The molecule has 2 unspecified atom stereocenters. The summed E-state index contributed by atoms with van der Waals surface area (Å²) in [6.07, 6.45) is 3.76. The Morgan fingerprint density at radius 2 is 2.12 bits per heavy atom. The van der Waals surface area contributed by atoms with Crippen molar-refractivity contribution in [2.24, 2.45) is 5.41 Å². The minimum atomic E-state index is -0.306. The molecule has 0 bridgehead atoms. The van der Waals surface area contributed by atoms with Gasteiger partial charge in [-0.05, 0) is 33.1 Å². The maximum Gasteiger partial charge on any atom is 0.259 e. The van der Waals surface area contributed by atoms with E-state index in [1.165, 1.54) is 0 Å². The van der Waals surface area contributed by atoms with Gasteiger partial charge >= 0.3 is 0 Å². The van der Waals surface area contributed by atoms with E-state index in [9.17, 15) is 9.90 Å². The summed E-state index contributed by atoms with van der Waals surface area (Å²) in [6, 6.07) is 0. The number of nitrogens with zero attached hydrogens (tertiary/aromatic N) is 2. The number of hydrogen-bond acceptors (Lipinski definition) is 5. The number of hydrogen-bond donors (Lipinski definition) is 1. The van der Waals surface area contributed by atoms with Crippen LogP contribution in [0.5, 0.6) is 0 Å². The highest BCUT2D eigenvalue weighted by Gasteiger charge is 2.56. The summed E-state index contributed by atoms with van der Waals surface area (Å²) in [5.41, 5.74) is 1.13. The Kier molecular flexibility index (Phi) is 4.97. The van der Waals surface area contributed by atoms with Crippen molar-refractivity contribution in [3.8, 4) is 0 Å². The van der Waals surface area contributed by atoms with Gasteiger partial charge in [0.05, 0.1) is 17.9 Å². The Morgan fingerprint density at radius 3 is 2.71 bits per heavy atom. The third kappa shape index (κ3) is 2.75. The monoisotopic (exact) mass is 336 g/mol. The molecule has 2 atom stereocenters. The van der Waals surface area contributed by atoms with Gasteiger partial charge in [-0.25, -0.2) is 0 Å². The number of ether oxygens (including phenoxy) is 1. The van der Waals surface area contributed by atoms with Gasteiger partial charge in [-0.1, -0.05) is 12.1 Å². The molecule has 0 aromatic carbocycles. The number of rotatable bonds is 5. The number of aromatic nitrogens is 1. The Balaban J connectivity index is 1.69. The Hall–Kier alpha value is -1.40. The van der Waals surface area contributed by atoms with Crippen LogP contribution in [0.1, 0.15) is 61.3 Å². The molecule has 1 N–H and O–H groups in total. The van der Waals surface area contributed by atoms with Crippen molar-refractivity contribution in [1.29, 1.82) is 0 Å². The number of piperidine rings is 1. The lowest BCUT2D eigenvalue weighted by Gasteiger charge is -2.56. The van der Waals surface area contributed by atoms with Gasteiger partial charge in [-0.15, -0.1) is 0 Å². The van der Waals surface area contributed by atoms with Crippen LogP contribution in [-0.2, 0) is 11.2 Å². The van der Waals surface area contributed by atoms with E-state index in [2.05, 4.69) is 12.1 Å². The van der Waals surface area contributed by atoms with Gasteiger partial charge in [0.2, 0.25) is 0 Å². The molecule has 1 saturated carbocycles. The van der Waals surface area contributed by atoms with Crippen LogP contribution in [0.4, 0.5) is 0 Å². The fourth-order valence-corrected chi connectivity index (χ4v) is 4.19. The standard InChI is InChI=1S/C18H28N2O4/c1-4-6-13-16(12(3)19-24-13)17(22)20-9-7-18(8-10-20)14(21)11-15(18)23-5-2/h14-15,21H,4-11H2,1-3H3. The molecule has 134 valence electrons. The summed E-state index contributed by atoms with van der Waals surface area (Å²) in [7, 11) is 0. The maximum atomic E-state index is 12.9. The Morgan fingerprint density at radius 1 is 1.42 bits per heavy atom. The molecular weight excluding hydrogens is 308 g/mol. The van der Waals surface area contributed by atoms with Crippen molar-refractivity contribution < 1.29 is 19.2 Å². The first-order valence-electron chi connectivity index (χ1n) is 9.07. The average Bonchev–Trinajstić information content (AvgIpc) is 2.95. The summed E-state index contributed by atoms with van der Waals surface area (Å²) in [5, 5.41) is 14.3. The van der Waals surface area contributed by atoms with E-state index in [4.69, 9.17) is 9.26 Å². The fraction of sp³-hybridized carbons (Fsp3) is 0.778. The van der Waals surface area contributed by atoms with Crippen molar-refractivity contribution in [2.75, 3.05) is 19.7 Å². The van der Waals surface area contributed by atoms with E-state index in [1.54, 1.807) is 0 Å². The number of carbonyl (C=O) groups excluding carboxylic acids is 1. The second kappa shape index (κ2) is 6.84. The van der Waals surface area contributed by atoms with Gasteiger partial charge in [-0.3, -0.25) is 4.79 Å². The van der Waals surface area contributed by atoms with Gasteiger partial charge in [-0.2, -0.15) is 0 Å².